The first-order valence-corrected chi connectivity index (χ1v) is 6.91. The maximum Gasteiger partial charge on any atom is 0.153 e. The Morgan fingerprint density at radius 3 is 2.45 bits per heavy atom. The second kappa shape index (κ2) is 5.17. The Morgan fingerprint density at radius 2 is 1.70 bits per heavy atom. The van der Waals surface area contributed by atoms with Crippen LogP contribution in [-0.2, 0) is 0 Å². The summed E-state index contributed by atoms with van der Waals surface area (Å²) in [6, 6.07) is 13.8. The van der Waals surface area contributed by atoms with Crippen molar-refractivity contribution in [3.05, 3.63) is 53.1 Å². The fourth-order valence-electron chi connectivity index (χ4n) is 2.63. The van der Waals surface area contributed by atoms with Crippen LogP contribution in [-0.4, -0.2) is 26.4 Å². The molecule has 0 radical (unpaired) electrons. The highest BCUT2D eigenvalue weighted by atomic mass is 35.5. The Balaban J connectivity index is 2.15. The Kier molecular flexibility index (Phi) is 3.36. The van der Waals surface area contributed by atoms with Crippen LogP contribution in [0.1, 0.15) is 10.4 Å². The van der Waals surface area contributed by atoms with Crippen molar-refractivity contribution in [1.29, 1.82) is 0 Å². The van der Waals surface area contributed by atoms with Crippen LogP contribution >= 0.6 is 11.6 Å². The molecule has 20 heavy (non-hydrogen) atoms. The van der Waals surface area contributed by atoms with Gasteiger partial charge in [0.1, 0.15) is 0 Å². The SMILES string of the molecule is CN1CCN(c2cccc(Cl)c2C=O)c2ccccc21. The van der Waals surface area contributed by atoms with Gasteiger partial charge in [0.05, 0.1) is 27.6 Å². The molecule has 0 aromatic heterocycles. The fraction of sp³-hybridized carbons (Fsp3) is 0.188. The number of fused-ring (bicyclic) bond motifs is 1. The predicted molar refractivity (Wildman–Crippen MR) is 83.6 cm³/mol. The first-order valence-electron chi connectivity index (χ1n) is 6.54. The number of benzene rings is 2. The highest BCUT2D eigenvalue weighted by molar-refractivity contribution is 6.33. The maximum absolute atomic E-state index is 11.3. The Bertz CT molecular complexity index is 657. The van der Waals surface area contributed by atoms with E-state index in [4.69, 9.17) is 11.6 Å². The van der Waals surface area contributed by atoms with Gasteiger partial charge in [-0.3, -0.25) is 4.79 Å². The number of aldehydes is 1. The molecule has 2 aromatic rings. The minimum absolute atomic E-state index is 0.494. The molecule has 0 aliphatic carbocycles. The van der Waals surface area contributed by atoms with E-state index in [0.29, 0.717) is 10.6 Å². The molecule has 0 bridgehead atoms. The molecule has 0 atom stereocenters. The molecule has 1 aliphatic heterocycles. The molecule has 0 spiro atoms. The lowest BCUT2D eigenvalue weighted by Gasteiger charge is -2.37. The molecule has 102 valence electrons. The normalized spacial score (nSPS) is 14.1. The third kappa shape index (κ3) is 2.04. The zero-order valence-corrected chi connectivity index (χ0v) is 12.0. The lowest BCUT2D eigenvalue weighted by atomic mass is 10.1. The molecular formula is C16H15ClN2O. The summed E-state index contributed by atoms with van der Waals surface area (Å²) in [6.45, 7) is 1.73. The van der Waals surface area contributed by atoms with Crippen molar-refractivity contribution in [2.75, 3.05) is 29.9 Å². The van der Waals surface area contributed by atoms with Gasteiger partial charge in [0.25, 0.3) is 0 Å². The number of rotatable bonds is 2. The summed E-state index contributed by atoms with van der Waals surface area (Å²) in [4.78, 5) is 15.7. The Labute approximate surface area is 123 Å². The van der Waals surface area contributed by atoms with Gasteiger partial charge in [-0.25, -0.2) is 0 Å². The highest BCUT2D eigenvalue weighted by Crippen LogP contribution is 2.39. The van der Waals surface area contributed by atoms with E-state index >= 15 is 0 Å². The molecule has 3 rings (SSSR count). The number of carbonyl (C=O) groups excluding carboxylic acids is 1. The topological polar surface area (TPSA) is 23.6 Å². The fourth-order valence-corrected chi connectivity index (χ4v) is 2.85. The van der Waals surface area contributed by atoms with Gasteiger partial charge in [-0.05, 0) is 24.3 Å². The number of carbonyl (C=O) groups is 1. The van der Waals surface area contributed by atoms with Crippen molar-refractivity contribution in [1.82, 2.24) is 0 Å². The van der Waals surface area contributed by atoms with E-state index < -0.39 is 0 Å². The first-order chi connectivity index (χ1) is 9.72. The largest absolute Gasteiger partial charge is 0.371 e. The van der Waals surface area contributed by atoms with E-state index in [1.807, 2.05) is 24.3 Å². The van der Waals surface area contributed by atoms with Crippen LogP contribution < -0.4 is 9.80 Å². The van der Waals surface area contributed by atoms with Crippen molar-refractivity contribution in [2.45, 2.75) is 0 Å². The molecule has 0 fully saturated rings. The number of anilines is 3. The summed E-state index contributed by atoms with van der Waals surface area (Å²) >= 11 is 6.14. The maximum atomic E-state index is 11.3. The summed E-state index contributed by atoms with van der Waals surface area (Å²) in [5.41, 5.74) is 3.68. The minimum atomic E-state index is 0.494. The van der Waals surface area contributed by atoms with Crippen LogP contribution in [0.25, 0.3) is 0 Å². The molecule has 2 aromatic carbocycles. The van der Waals surface area contributed by atoms with Gasteiger partial charge >= 0.3 is 0 Å². The van der Waals surface area contributed by atoms with Gasteiger partial charge in [-0.15, -0.1) is 0 Å². The molecule has 1 aliphatic rings. The van der Waals surface area contributed by atoms with Crippen LogP contribution in [0.15, 0.2) is 42.5 Å². The smallest absolute Gasteiger partial charge is 0.153 e. The summed E-state index contributed by atoms with van der Waals surface area (Å²) in [5, 5.41) is 0.494. The lowest BCUT2D eigenvalue weighted by molar-refractivity contribution is 0.112. The van der Waals surface area contributed by atoms with E-state index in [0.717, 1.165) is 36.4 Å². The van der Waals surface area contributed by atoms with Crippen molar-refractivity contribution < 1.29 is 4.79 Å². The van der Waals surface area contributed by atoms with Gasteiger partial charge in [-0.1, -0.05) is 29.8 Å². The molecule has 1 heterocycles. The average Bonchev–Trinajstić information content (AvgIpc) is 2.48. The van der Waals surface area contributed by atoms with Crippen molar-refractivity contribution in [2.24, 2.45) is 0 Å². The number of halogens is 1. The first kappa shape index (κ1) is 13.0. The third-order valence-corrected chi connectivity index (χ3v) is 4.01. The number of nitrogens with zero attached hydrogens (tertiary/aromatic N) is 2. The van der Waals surface area contributed by atoms with E-state index in [2.05, 4.69) is 29.0 Å². The standard InChI is InChI=1S/C16H15ClN2O/c1-18-9-10-19(16-7-3-2-6-15(16)18)14-8-4-5-13(17)12(14)11-20/h2-8,11H,9-10H2,1H3. The summed E-state index contributed by atoms with van der Waals surface area (Å²) in [5.74, 6) is 0. The second-order valence-electron chi connectivity index (χ2n) is 4.85. The quantitative estimate of drug-likeness (QED) is 0.786. The molecule has 0 unspecified atom stereocenters. The summed E-state index contributed by atoms with van der Waals surface area (Å²) in [6.07, 6.45) is 0.832. The zero-order chi connectivity index (χ0) is 14.1. The van der Waals surface area contributed by atoms with Gasteiger partial charge in [0.2, 0.25) is 0 Å². The van der Waals surface area contributed by atoms with Gasteiger partial charge in [-0.2, -0.15) is 0 Å². The Hall–Kier alpha value is -2.00. The Morgan fingerprint density at radius 1 is 1.00 bits per heavy atom. The summed E-state index contributed by atoms with van der Waals surface area (Å²) in [7, 11) is 2.08. The van der Waals surface area contributed by atoms with E-state index in [-0.39, 0.29) is 0 Å². The van der Waals surface area contributed by atoms with Gasteiger partial charge in [0, 0.05) is 20.1 Å². The molecule has 0 amide bonds. The lowest BCUT2D eigenvalue weighted by Crippen LogP contribution is -2.36. The highest BCUT2D eigenvalue weighted by Gasteiger charge is 2.23. The minimum Gasteiger partial charge on any atom is -0.371 e. The summed E-state index contributed by atoms with van der Waals surface area (Å²) < 4.78 is 0. The van der Waals surface area contributed by atoms with E-state index in [1.54, 1.807) is 6.07 Å². The number of para-hydroxylation sites is 2. The zero-order valence-electron chi connectivity index (χ0n) is 11.2. The van der Waals surface area contributed by atoms with E-state index in [9.17, 15) is 4.79 Å². The van der Waals surface area contributed by atoms with Crippen LogP contribution in [0.4, 0.5) is 17.1 Å². The van der Waals surface area contributed by atoms with Gasteiger partial charge < -0.3 is 9.80 Å². The third-order valence-electron chi connectivity index (χ3n) is 3.68. The number of hydrogen-bond donors (Lipinski definition) is 0. The van der Waals surface area contributed by atoms with Crippen LogP contribution in [0.2, 0.25) is 5.02 Å². The average molecular weight is 287 g/mol. The molecule has 4 heteroatoms. The predicted octanol–water partition coefficient (Wildman–Crippen LogP) is 3.74. The second-order valence-corrected chi connectivity index (χ2v) is 5.26. The van der Waals surface area contributed by atoms with Crippen molar-refractivity contribution in [3.8, 4) is 0 Å². The van der Waals surface area contributed by atoms with Crippen molar-refractivity contribution >= 4 is 34.9 Å². The number of hydrogen-bond acceptors (Lipinski definition) is 3. The van der Waals surface area contributed by atoms with Crippen LogP contribution in [0.3, 0.4) is 0 Å². The van der Waals surface area contributed by atoms with Crippen molar-refractivity contribution in [3.63, 3.8) is 0 Å². The molecule has 0 saturated heterocycles. The van der Waals surface area contributed by atoms with E-state index in [1.165, 1.54) is 0 Å². The molecule has 0 saturated carbocycles. The molecular weight excluding hydrogens is 272 g/mol. The molecule has 3 nitrogen and oxygen atoms in total. The molecule has 0 N–H and O–H groups in total. The monoisotopic (exact) mass is 286 g/mol. The van der Waals surface area contributed by atoms with Gasteiger partial charge in [0.15, 0.2) is 6.29 Å². The number of likely N-dealkylation sites (N-methyl/N-ethyl adjacent to an activating group) is 1. The van der Waals surface area contributed by atoms with Crippen LogP contribution in [0, 0.1) is 0 Å². The van der Waals surface area contributed by atoms with Crippen LogP contribution in [0.5, 0.6) is 0 Å².